The smallest absolute Gasteiger partial charge is 0.341 e. The predicted octanol–water partition coefficient (Wildman–Crippen LogP) is 2.34. The van der Waals surface area contributed by atoms with E-state index in [-0.39, 0.29) is 18.1 Å². The number of esters is 1. The molecule has 8 heteroatoms. The Morgan fingerprint density at radius 2 is 2.00 bits per heavy atom. The Kier molecular flexibility index (Phi) is 6.38. The number of ether oxygens (including phenoxy) is 2. The van der Waals surface area contributed by atoms with Crippen LogP contribution in [0, 0.1) is 5.82 Å². The normalized spacial score (nSPS) is 11.3. The lowest BCUT2D eigenvalue weighted by Crippen LogP contribution is -2.13. The van der Waals surface area contributed by atoms with Crippen molar-refractivity contribution in [2.45, 2.75) is 18.2 Å². The van der Waals surface area contributed by atoms with Gasteiger partial charge in [0.1, 0.15) is 12.4 Å². The third-order valence-electron chi connectivity index (χ3n) is 2.25. The van der Waals surface area contributed by atoms with Gasteiger partial charge in [-0.05, 0) is 24.6 Å². The molecule has 112 valence electrons. The van der Waals surface area contributed by atoms with E-state index >= 15 is 0 Å². The van der Waals surface area contributed by atoms with Gasteiger partial charge in [-0.25, -0.2) is 17.6 Å². The monoisotopic (exact) mass is 324 g/mol. The van der Waals surface area contributed by atoms with Gasteiger partial charge in [-0.2, -0.15) is 0 Å². The lowest BCUT2D eigenvalue weighted by molar-refractivity contribution is 0.0314. The minimum Gasteiger partial charge on any atom is -0.460 e. The number of hydrogen-bond acceptors (Lipinski definition) is 5. The van der Waals surface area contributed by atoms with Crippen molar-refractivity contribution in [2.75, 3.05) is 19.8 Å². The quantitative estimate of drug-likeness (QED) is 0.437. The predicted molar refractivity (Wildman–Crippen MR) is 70.8 cm³/mol. The van der Waals surface area contributed by atoms with Gasteiger partial charge in [-0.1, -0.05) is 6.92 Å². The first-order chi connectivity index (χ1) is 9.36. The third-order valence-corrected chi connectivity index (χ3v) is 3.60. The second kappa shape index (κ2) is 7.56. The van der Waals surface area contributed by atoms with E-state index in [1.54, 1.807) is 0 Å². The molecule has 0 aliphatic heterocycles. The molecule has 0 spiro atoms. The van der Waals surface area contributed by atoms with Gasteiger partial charge in [0, 0.05) is 17.3 Å². The maximum atomic E-state index is 13.5. The summed E-state index contributed by atoms with van der Waals surface area (Å²) < 4.78 is 45.6. The minimum atomic E-state index is -4.04. The molecular formula is C12H14ClFO5S. The highest BCUT2D eigenvalue weighted by atomic mass is 35.7. The summed E-state index contributed by atoms with van der Waals surface area (Å²) in [4.78, 5) is 11.3. The summed E-state index contributed by atoms with van der Waals surface area (Å²) >= 11 is 0. The molecule has 20 heavy (non-hydrogen) atoms. The number of rotatable bonds is 7. The zero-order valence-electron chi connectivity index (χ0n) is 10.8. The van der Waals surface area contributed by atoms with Crippen LogP contribution in [0.4, 0.5) is 4.39 Å². The molecule has 0 amide bonds. The molecule has 0 atom stereocenters. The van der Waals surface area contributed by atoms with E-state index in [0.717, 1.165) is 24.6 Å². The Hall–Kier alpha value is -1.18. The molecule has 1 aromatic carbocycles. The number of carbonyl (C=O) groups is 1. The van der Waals surface area contributed by atoms with Crippen LogP contribution in [0.1, 0.15) is 23.7 Å². The standard InChI is InChI=1S/C12H14ClFO5S/c1-2-5-18-6-7-19-12(15)10-8-9(20(13,16)17)3-4-11(10)14/h3-4,8H,2,5-7H2,1H3. The molecule has 0 saturated heterocycles. The Labute approximate surface area is 121 Å². The highest BCUT2D eigenvalue weighted by Gasteiger charge is 2.18. The average Bonchev–Trinajstić information content (AvgIpc) is 2.37. The Morgan fingerprint density at radius 1 is 1.30 bits per heavy atom. The fourth-order valence-electron chi connectivity index (χ4n) is 1.33. The molecule has 0 aliphatic rings. The molecule has 0 saturated carbocycles. The first kappa shape index (κ1) is 16.9. The van der Waals surface area contributed by atoms with Crippen molar-refractivity contribution in [2.24, 2.45) is 0 Å². The van der Waals surface area contributed by atoms with E-state index < -0.39 is 26.4 Å². The van der Waals surface area contributed by atoms with Crippen LogP contribution in [0.3, 0.4) is 0 Å². The molecule has 0 N–H and O–H groups in total. The molecular weight excluding hydrogens is 311 g/mol. The van der Waals surface area contributed by atoms with Crippen LogP contribution in [-0.4, -0.2) is 34.2 Å². The number of carbonyl (C=O) groups excluding carboxylic acids is 1. The fourth-order valence-corrected chi connectivity index (χ4v) is 2.11. The van der Waals surface area contributed by atoms with Crippen LogP contribution in [0.5, 0.6) is 0 Å². The van der Waals surface area contributed by atoms with E-state index in [2.05, 4.69) is 0 Å². The lowest BCUT2D eigenvalue weighted by Gasteiger charge is -2.07. The van der Waals surface area contributed by atoms with E-state index in [1.165, 1.54) is 0 Å². The molecule has 0 radical (unpaired) electrons. The van der Waals surface area contributed by atoms with Gasteiger partial charge in [0.15, 0.2) is 0 Å². The van der Waals surface area contributed by atoms with E-state index in [1.807, 2.05) is 6.92 Å². The van der Waals surface area contributed by atoms with Crippen molar-refractivity contribution in [1.82, 2.24) is 0 Å². The summed E-state index contributed by atoms with van der Waals surface area (Å²) in [7, 11) is 1.09. The van der Waals surface area contributed by atoms with Crippen LogP contribution in [0.2, 0.25) is 0 Å². The largest absolute Gasteiger partial charge is 0.460 e. The molecule has 0 heterocycles. The minimum absolute atomic E-state index is 0.0455. The highest BCUT2D eigenvalue weighted by Crippen LogP contribution is 2.19. The lowest BCUT2D eigenvalue weighted by atomic mass is 10.2. The van der Waals surface area contributed by atoms with E-state index in [9.17, 15) is 17.6 Å². The molecule has 0 unspecified atom stereocenters. The average molecular weight is 325 g/mol. The Bertz CT molecular complexity index is 573. The van der Waals surface area contributed by atoms with Crippen molar-refractivity contribution in [3.05, 3.63) is 29.6 Å². The van der Waals surface area contributed by atoms with Crippen molar-refractivity contribution in [3.8, 4) is 0 Å². The summed E-state index contributed by atoms with van der Waals surface area (Å²) in [6.07, 6.45) is 0.832. The van der Waals surface area contributed by atoms with Gasteiger partial charge >= 0.3 is 5.97 Å². The van der Waals surface area contributed by atoms with Gasteiger partial charge < -0.3 is 9.47 Å². The molecule has 0 bridgehead atoms. The van der Waals surface area contributed by atoms with Crippen molar-refractivity contribution < 1.29 is 27.1 Å². The molecule has 1 rings (SSSR count). The summed E-state index contributed by atoms with van der Waals surface area (Å²) in [5.74, 6) is -1.85. The number of halogens is 2. The van der Waals surface area contributed by atoms with E-state index in [0.29, 0.717) is 6.61 Å². The van der Waals surface area contributed by atoms with Crippen molar-refractivity contribution in [3.63, 3.8) is 0 Å². The first-order valence-corrected chi connectivity index (χ1v) is 8.16. The summed E-state index contributed by atoms with van der Waals surface area (Å²) in [6, 6.07) is 2.66. The Balaban J connectivity index is 2.72. The van der Waals surface area contributed by atoms with Crippen LogP contribution in [0.25, 0.3) is 0 Å². The van der Waals surface area contributed by atoms with Crippen molar-refractivity contribution >= 4 is 25.7 Å². The molecule has 0 fully saturated rings. The summed E-state index contributed by atoms with van der Waals surface area (Å²) in [5.41, 5.74) is -0.484. The number of hydrogen-bond donors (Lipinski definition) is 0. The van der Waals surface area contributed by atoms with Crippen LogP contribution < -0.4 is 0 Å². The van der Waals surface area contributed by atoms with Crippen LogP contribution in [-0.2, 0) is 18.5 Å². The zero-order chi connectivity index (χ0) is 15.2. The molecule has 5 nitrogen and oxygen atoms in total. The van der Waals surface area contributed by atoms with Gasteiger partial charge in [0.05, 0.1) is 17.1 Å². The number of benzene rings is 1. The topological polar surface area (TPSA) is 69.7 Å². The van der Waals surface area contributed by atoms with Crippen molar-refractivity contribution in [1.29, 1.82) is 0 Å². The van der Waals surface area contributed by atoms with Gasteiger partial charge in [-0.3, -0.25) is 0 Å². The Morgan fingerprint density at radius 3 is 2.60 bits per heavy atom. The maximum Gasteiger partial charge on any atom is 0.341 e. The van der Waals surface area contributed by atoms with E-state index in [4.69, 9.17) is 20.2 Å². The first-order valence-electron chi connectivity index (χ1n) is 5.85. The molecule has 0 aliphatic carbocycles. The van der Waals surface area contributed by atoms with Crippen LogP contribution >= 0.6 is 10.7 Å². The summed E-state index contributed by atoms with van der Waals surface area (Å²) in [6.45, 7) is 2.61. The van der Waals surface area contributed by atoms with Gasteiger partial charge in [0.25, 0.3) is 9.05 Å². The maximum absolute atomic E-state index is 13.5. The second-order valence-corrected chi connectivity index (χ2v) is 6.39. The third kappa shape index (κ3) is 5.07. The van der Waals surface area contributed by atoms with Gasteiger partial charge in [-0.15, -0.1) is 0 Å². The molecule has 1 aromatic rings. The molecule has 0 aromatic heterocycles. The van der Waals surface area contributed by atoms with Crippen LogP contribution in [0.15, 0.2) is 23.1 Å². The van der Waals surface area contributed by atoms with Gasteiger partial charge in [0.2, 0.25) is 0 Å². The zero-order valence-corrected chi connectivity index (χ0v) is 12.3. The highest BCUT2D eigenvalue weighted by molar-refractivity contribution is 8.13. The fraction of sp³-hybridized carbons (Fsp3) is 0.417. The summed E-state index contributed by atoms with van der Waals surface area (Å²) in [5, 5.41) is 0. The second-order valence-electron chi connectivity index (χ2n) is 3.83. The SMILES string of the molecule is CCCOCCOC(=O)c1cc(S(=O)(=O)Cl)ccc1F.